The Balaban J connectivity index is 2.48. The Kier molecular flexibility index (Phi) is 36.2. The number of carbonyl (C=O) groups is 1. The maximum Gasteiger partial charge on any atom is 0.249 e. The van der Waals surface area contributed by atoms with Crippen LogP contribution in [0.5, 0.6) is 0 Å². The molecule has 9 atom stereocenters. The predicted molar refractivity (Wildman–Crippen MR) is 242 cm³/mol. The molecule has 0 radical (unpaired) electrons. The number of aliphatic hydroxyl groups is 7. The van der Waals surface area contributed by atoms with Crippen LogP contribution in [-0.4, -0.2) is 110 Å². The van der Waals surface area contributed by atoms with Crippen molar-refractivity contribution in [3.8, 4) is 0 Å². The van der Waals surface area contributed by atoms with Crippen LogP contribution in [0.15, 0.2) is 48.6 Å². The molecule has 1 aliphatic heterocycles. The summed E-state index contributed by atoms with van der Waals surface area (Å²) in [6.45, 7) is 3.36. The van der Waals surface area contributed by atoms with E-state index in [9.17, 15) is 40.5 Å². The highest BCUT2D eigenvalue weighted by molar-refractivity contribution is 5.81. The summed E-state index contributed by atoms with van der Waals surface area (Å²) in [6.07, 6.45) is 34.8. The summed E-state index contributed by atoms with van der Waals surface area (Å²) in [4.78, 5) is 13.0. The number of aliphatic hydroxyl groups excluding tert-OH is 7. The first-order chi connectivity index (χ1) is 29.2. The van der Waals surface area contributed by atoms with Gasteiger partial charge >= 0.3 is 0 Å². The highest BCUT2D eigenvalue weighted by atomic mass is 16.7. The van der Waals surface area contributed by atoms with Crippen molar-refractivity contribution in [3.05, 3.63) is 48.6 Å². The van der Waals surface area contributed by atoms with Gasteiger partial charge in [-0.1, -0.05) is 165 Å². The van der Waals surface area contributed by atoms with Crippen LogP contribution in [-0.2, 0) is 14.3 Å². The average molecular weight is 852 g/mol. The third kappa shape index (κ3) is 27.9. The molecule has 0 aliphatic carbocycles. The second kappa shape index (κ2) is 38.7. The van der Waals surface area contributed by atoms with Gasteiger partial charge in [0.15, 0.2) is 6.29 Å². The number of rotatable bonds is 39. The Morgan fingerprint density at radius 2 is 1.07 bits per heavy atom. The van der Waals surface area contributed by atoms with Gasteiger partial charge in [-0.05, 0) is 64.2 Å². The van der Waals surface area contributed by atoms with E-state index in [2.05, 4.69) is 55.6 Å². The van der Waals surface area contributed by atoms with Gasteiger partial charge in [-0.15, -0.1) is 0 Å². The molecule has 1 heterocycles. The second-order valence-electron chi connectivity index (χ2n) is 16.8. The third-order valence-electron chi connectivity index (χ3n) is 11.3. The SMILES string of the molecule is CCCCCCCC/C=C\C/C=C\CC(O)C(=O)NC(COC1OC(CO)C(O)C(O)C1O)C(O)C(O)CCC/C=C/CC/C=C/CCCCCCCCCCCCCC. The zero-order valence-corrected chi connectivity index (χ0v) is 37.7. The van der Waals surface area contributed by atoms with E-state index in [1.807, 2.05) is 6.08 Å². The first kappa shape index (κ1) is 56.1. The van der Waals surface area contributed by atoms with Gasteiger partial charge in [0.1, 0.15) is 36.6 Å². The molecule has 1 rings (SSSR count). The largest absolute Gasteiger partial charge is 0.394 e. The lowest BCUT2D eigenvalue weighted by Gasteiger charge is -2.40. The van der Waals surface area contributed by atoms with Crippen LogP contribution < -0.4 is 5.32 Å². The number of ether oxygens (including phenoxy) is 2. The summed E-state index contributed by atoms with van der Waals surface area (Å²) in [5.74, 6) is -0.780. The van der Waals surface area contributed by atoms with Gasteiger partial charge in [0.2, 0.25) is 5.91 Å². The quantitative estimate of drug-likeness (QED) is 0.0221. The fourth-order valence-corrected chi connectivity index (χ4v) is 7.32. The van der Waals surface area contributed by atoms with E-state index in [0.29, 0.717) is 19.3 Å². The minimum atomic E-state index is -1.68. The summed E-state index contributed by atoms with van der Waals surface area (Å²) in [7, 11) is 0. The number of amides is 1. The van der Waals surface area contributed by atoms with Crippen LogP contribution in [0, 0.1) is 0 Å². The molecular weight excluding hydrogens is 763 g/mol. The summed E-state index contributed by atoms with van der Waals surface area (Å²) in [6, 6.07) is -1.22. The molecular formula is C49H89NO10. The maximum atomic E-state index is 13.0. The predicted octanol–water partition coefficient (Wildman–Crippen LogP) is 8.17. The van der Waals surface area contributed by atoms with E-state index in [-0.39, 0.29) is 12.8 Å². The van der Waals surface area contributed by atoms with E-state index in [4.69, 9.17) is 9.47 Å². The smallest absolute Gasteiger partial charge is 0.249 e. The van der Waals surface area contributed by atoms with Crippen molar-refractivity contribution in [1.29, 1.82) is 0 Å². The number of hydrogen-bond donors (Lipinski definition) is 8. The Hall–Kier alpha value is -1.93. The van der Waals surface area contributed by atoms with Crippen LogP contribution in [0.1, 0.15) is 187 Å². The first-order valence-electron chi connectivity index (χ1n) is 24.0. The van der Waals surface area contributed by atoms with Crippen molar-refractivity contribution in [2.75, 3.05) is 13.2 Å². The van der Waals surface area contributed by atoms with Gasteiger partial charge in [-0.25, -0.2) is 0 Å². The van der Waals surface area contributed by atoms with Crippen molar-refractivity contribution in [2.45, 2.75) is 242 Å². The van der Waals surface area contributed by atoms with Gasteiger partial charge in [-0.3, -0.25) is 4.79 Å². The zero-order valence-electron chi connectivity index (χ0n) is 37.7. The molecule has 0 saturated carbocycles. The second-order valence-corrected chi connectivity index (χ2v) is 16.8. The number of nitrogens with one attached hydrogen (secondary N) is 1. The molecule has 0 aromatic carbocycles. The average Bonchev–Trinajstić information content (AvgIpc) is 3.25. The number of allylic oxidation sites excluding steroid dienone is 7. The first-order valence-corrected chi connectivity index (χ1v) is 24.0. The van der Waals surface area contributed by atoms with Gasteiger partial charge < -0.3 is 50.5 Å². The van der Waals surface area contributed by atoms with E-state index >= 15 is 0 Å². The Morgan fingerprint density at radius 1 is 0.600 bits per heavy atom. The molecule has 60 heavy (non-hydrogen) atoms. The molecule has 1 fully saturated rings. The van der Waals surface area contributed by atoms with Gasteiger partial charge in [-0.2, -0.15) is 0 Å². The van der Waals surface area contributed by atoms with E-state index in [0.717, 1.165) is 25.7 Å². The minimum Gasteiger partial charge on any atom is -0.394 e. The Bertz CT molecular complexity index is 1110. The molecule has 1 aliphatic rings. The van der Waals surface area contributed by atoms with Crippen LogP contribution in [0.4, 0.5) is 0 Å². The summed E-state index contributed by atoms with van der Waals surface area (Å²) in [5.41, 5.74) is 0. The molecule has 8 N–H and O–H groups in total. The highest BCUT2D eigenvalue weighted by Crippen LogP contribution is 2.23. The molecule has 11 heteroatoms. The zero-order chi connectivity index (χ0) is 44.1. The Labute approximate surface area is 364 Å². The summed E-state index contributed by atoms with van der Waals surface area (Å²) >= 11 is 0. The third-order valence-corrected chi connectivity index (χ3v) is 11.3. The standard InChI is InChI=1S/C49H89NO10/c1-3-5-7-9-11-13-15-17-18-19-20-21-22-23-24-25-27-28-30-32-34-36-41(52)44(54)40(39-59-49-47(57)46(56)45(55)43(38-51)60-49)50-48(58)42(53)37-35-33-31-29-26-16-14-12-10-8-6-4-2/h23-24,26,28-30,33,35,40-47,49,51-57H,3-22,25,27,31-32,34,36-39H2,1-2H3,(H,50,58)/b24-23+,29-26-,30-28+,35-33-. The molecule has 350 valence electrons. The lowest BCUT2D eigenvalue weighted by Crippen LogP contribution is -2.60. The van der Waals surface area contributed by atoms with E-state index in [1.165, 1.54) is 116 Å². The van der Waals surface area contributed by atoms with Gasteiger partial charge in [0.25, 0.3) is 0 Å². The monoisotopic (exact) mass is 852 g/mol. The van der Waals surface area contributed by atoms with E-state index in [1.54, 1.807) is 6.08 Å². The molecule has 11 nitrogen and oxygen atoms in total. The van der Waals surface area contributed by atoms with Gasteiger partial charge in [0.05, 0.1) is 25.4 Å². The number of carbonyl (C=O) groups excluding carboxylic acids is 1. The minimum absolute atomic E-state index is 0.0393. The fourth-order valence-electron chi connectivity index (χ4n) is 7.32. The van der Waals surface area contributed by atoms with Crippen molar-refractivity contribution in [2.24, 2.45) is 0 Å². The fraction of sp³-hybridized carbons (Fsp3) is 0.816. The molecule has 0 aromatic heterocycles. The lowest BCUT2D eigenvalue weighted by atomic mass is 9.99. The number of hydrogen-bond acceptors (Lipinski definition) is 10. The molecule has 0 spiro atoms. The Morgan fingerprint density at radius 3 is 1.60 bits per heavy atom. The molecule has 0 aromatic rings. The van der Waals surface area contributed by atoms with E-state index < -0.39 is 74.2 Å². The molecule has 1 saturated heterocycles. The van der Waals surface area contributed by atoms with Crippen LogP contribution in [0.25, 0.3) is 0 Å². The summed E-state index contributed by atoms with van der Waals surface area (Å²) < 4.78 is 11.0. The lowest BCUT2D eigenvalue weighted by molar-refractivity contribution is -0.303. The topological polar surface area (TPSA) is 189 Å². The van der Waals surface area contributed by atoms with Gasteiger partial charge in [0, 0.05) is 6.42 Å². The van der Waals surface area contributed by atoms with Crippen LogP contribution in [0.3, 0.4) is 0 Å². The normalized spacial score (nSPS) is 22.1. The molecule has 1 amide bonds. The molecule has 9 unspecified atom stereocenters. The van der Waals surface area contributed by atoms with Crippen molar-refractivity contribution >= 4 is 5.91 Å². The van der Waals surface area contributed by atoms with Crippen molar-refractivity contribution < 1.29 is 50.0 Å². The highest BCUT2D eigenvalue weighted by Gasteiger charge is 2.44. The molecule has 0 bridgehead atoms. The van der Waals surface area contributed by atoms with Crippen molar-refractivity contribution in [1.82, 2.24) is 5.32 Å². The maximum absolute atomic E-state index is 13.0. The van der Waals surface area contributed by atoms with Crippen LogP contribution >= 0.6 is 0 Å². The van der Waals surface area contributed by atoms with Crippen molar-refractivity contribution in [3.63, 3.8) is 0 Å². The van der Waals surface area contributed by atoms with Crippen LogP contribution in [0.2, 0.25) is 0 Å². The summed E-state index contributed by atoms with van der Waals surface area (Å²) in [5, 5.41) is 75.5. The number of unbranched alkanes of at least 4 members (excludes halogenated alkanes) is 20.